The normalized spacial score (nSPS) is 13.3. The third kappa shape index (κ3) is 6.04. The van der Waals surface area contributed by atoms with Crippen molar-refractivity contribution < 1.29 is 14.6 Å². The Hall–Kier alpha value is -1.75. The van der Waals surface area contributed by atoms with Gasteiger partial charge in [-0.2, -0.15) is 0 Å². The molecule has 1 rings (SSSR count). The maximum Gasteiger partial charge on any atom is 0.315 e. The van der Waals surface area contributed by atoms with Gasteiger partial charge in [0.2, 0.25) is 0 Å². The first-order valence-corrected chi connectivity index (χ1v) is 7.39. The molecule has 21 heavy (non-hydrogen) atoms. The highest BCUT2D eigenvalue weighted by Gasteiger charge is 2.10. The molecule has 1 aromatic rings. The number of nitrogens with one attached hydrogen (secondary N) is 2. The van der Waals surface area contributed by atoms with Crippen LogP contribution in [0, 0.1) is 0 Å². The summed E-state index contributed by atoms with van der Waals surface area (Å²) < 4.78 is 5.13. The predicted molar refractivity (Wildman–Crippen MR) is 83.7 cm³/mol. The van der Waals surface area contributed by atoms with Crippen LogP contribution in [-0.2, 0) is 0 Å². The molecule has 0 aliphatic rings. The molecule has 2 unspecified atom stereocenters. The summed E-state index contributed by atoms with van der Waals surface area (Å²) in [7, 11) is 1.65. The van der Waals surface area contributed by atoms with Crippen LogP contribution >= 0.6 is 0 Å². The number of ether oxygens (including phenoxy) is 1. The lowest BCUT2D eigenvalue weighted by Crippen LogP contribution is -2.43. The minimum atomic E-state index is -0.224. The topological polar surface area (TPSA) is 70.6 Å². The molecule has 5 heteroatoms. The van der Waals surface area contributed by atoms with Crippen molar-refractivity contribution in [3.05, 3.63) is 29.8 Å². The zero-order valence-electron chi connectivity index (χ0n) is 13.1. The Kier molecular flexibility index (Phi) is 7.61. The fourth-order valence-electron chi connectivity index (χ4n) is 2.01. The molecular formula is C16H26N2O3. The molecule has 0 spiro atoms. The monoisotopic (exact) mass is 294 g/mol. The van der Waals surface area contributed by atoms with E-state index in [0.717, 1.165) is 12.2 Å². The molecule has 0 aliphatic heterocycles. The molecule has 118 valence electrons. The molecule has 0 fully saturated rings. The largest absolute Gasteiger partial charge is 0.497 e. The van der Waals surface area contributed by atoms with Crippen LogP contribution in [0.5, 0.6) is 5.75 Å². The lowest BCUT2D eigenvalue weighted by Gasteiger charge is -2.16. The van der Waals surface area contributed by atoms with E-state index in [0.29, 0.717) is 18.9 Å². The van der Waals surface area contributed by atoms with Crippen LogP contribution in [0.2, 0.25) is 0 Å². The number of aliphatic hydroxyl groups excluding tert-OH is 1. The second-order valence-corrected chi connectivity index (χ2v) is 5.15. The maximum atomic E-state index is 11.6. The summed E-state index contributed by atoms with van der Waals surface area (Å²) in [4.78, 5) is 11.6. The van der Waals surface area contributed by atoms with Crippen LogP contribution in [0.15, 0.2) is 24.3 Å². The average Bonchev–Trinajstić information content (AvgIpc) is 2.52. The minimum absolute atomic E-state index is 0.0355. The second-order valence-electron chi connectivity index (χ2n) is 5.15. The Balaban J connectivity index is 2.32. The van der Waals surface area contributed by atoms with E-state index in [2.05, 4.69) is 17.6 Å². The molecule has 2 amide bonds. The van der Waals surface area contributed by atoms with Crippen LogP contribution in [0.4, 0.5) is 4.79 Å². The molecule has 0 bridgehead atoms. The van der Waals surface area contributed by atoms with Gasteiger partial charge in [-0.25, -0.2) is 4.79 Å². The molecular weight excluding hydrogens is 268 g/mol. The minimum Gasteiger partial charge on any atom is -0.497 e. The van der Waals surface area contributed by atoms with Crippen molar-refractivity contribution in [1.82, 2.24) is 10.6 Å². The van der Waals surface area contributed by atoms with E-state index >= 15 is 0 Å². The summed E-state index contributed by atoms with van der Waals surface area (Å²) in [5.41, 5.74) is 1.22. The van der Waals surface area contributed by atoms with E-state index in [4.69, 9.17) is 9.84 Å². The van der Waals surface area contributed by atoms with Crippen molar-refractivity contribution in [3.8, 4) is 5.75 Å². The fraction of sp³-hybridized carbons (Fsp3) is 0.562. The SMILES string of the molecule is CCC(CO)NC(=O)NCCC(C)c1ccc(OC)cc1. The first-order chi connectivity index (χ1) is 10.1. The summed E-state index contributed by atoms with van der Waals surface area (Å²) in [6, 6.07) is 7.57. The Morgan fingerprint density at radius 2 is 2.00 bits per heavy atom. The first kappa shape index (κ1) is 17.3. The molecule has 0 aliphatic carbocycles. The molecule has 2 atom stereocenters. The average molecular weight is 294 g/mol. The number of methoxy groups -OCH3 is 1. The third-order valence-corrected chi connectivity index (χ3v) is 3.60. The van der Waals surface area contributed by atoms with Gasteiger partial charge in [0.25, 0.3) is 0 Å². The van der Waals surface area contributed by atoms with Crippen molar-refractivity contribution in [2.24, 2.45) is 0 Å². The number of carbonyl (C=O) groups excluding carboxylic acids is 1. The molecule has 5 nitrogen and oxygen atoms in total. The summed E-state index contributed by atoms with van der Waals surface area (Å²) in [5, 5.41) is 14.6. The van der Waals surface area contributed by atoms with Crippen molar-refractivity contribution >= 4 is 6.03 Å². The molecule has 0 heterocycles. The molecule has 0 saturated heterocycles. The van der Waals surface area contributed by atoms with E-state index in [-0.39, 0.29) is 18.7 Å². The lowest BCUT2D eigenvalue weighted by molar-refractivity contribution is 0.214. The van der Waals surface area contributed by atoms with Crippen LogP contribution in [0.1, 0.15) is 38.2 Å². The van der Waals surface area contributed by atoms with Gasteiger partial charge in [-0.15, -0.1) is 0 Å². The van der Waals surface area contributed by atoms with Crippen molar-refractivity contribution in [1.29, 1.82) is 0 Å². The van der Waals surface area contributed by atoms with Crippen LogP contribution in [-0.4, -0.2) is 37.4 Å². The Bertz CT molecular complexity index is 416. The first-order valence-electron chi connectivity index (χ1n) is 7.39. The Morgan fingerprint density at radius 1 is 1.33 bits per heavy atom. The number of benzene rings is 1. The number of urea groups is 1. The van der Waals surface area contributed by atoms with Crippen LogP contribution in [0.25, 0.3) is 0 Å². The van der Waals surface area contributed by atoms with Gasteiger partial charge in [-0.05, 0) is 36.5 Å². The van der Waals surface area contributed by atoms with Gasteiger partial charge >= 0.3 is 6.03 Å². The van der Waals surface area contributed by atoms with E-state index in [1.54, 1.807) is 7.11 Å². The lowest BCUT2D eigenvalue weighted by atomic mass is 9.98. The van der Waals surface area contributed by atoms with Crippen LogP contribution < -0.4 is 15.4 Å². The summed E-state index contributed by atoms with van der Waals surface area (Å²) in [5.74, 6) is 1.20. The van der Waals surface area contributed by atoms with Gasteiger partial charge in [-0.3, -0.25) is 0 Å². The standard InChI is InChI=1S/C16H26N2O3/c1-4-14(11-19)18-16(20)17-10-9-12(2)13-5-7-15(21-3)8-6-13/h5-8,12,14,19H,4,9-11H2,1-3H3,(H2,17,18,20). The van der Waals surface area contributed by atoms with Gasteiger partial charge < -0.3 is 20.5 Å². The number of hydrogen-bond acceptors (Lipinski definition) is 3. The quantitative estimate of drug-likeness (QED) is 0.689. The number of rotatable bonds is 8. The van der Waals surface area contributed by atoms with Crippen molar-refractivity contribution in [3.63, 3.8) is 0 Å². The third-order valence-electron chi connectivity index (χ3n) is 3.60. The fourth-order valence-corrected chi connectivity index (χ4v) is 2.01. The molecule has 3 N–H and O–H groups in total. The predicted octanol–water partition coefficient (Wildman–Crippen LogP) is 2.26. The van der Waals surface area contributed by atoms with Gasteiger partial charge in [0, 0.05) is 6.54 Å². The number of amides is 2. The highest BCUT2D eigenvalue weighted by atomic mass is 16.5. The van der Waals surface area contributed by atoms with Gasteiger partial charge in [0.1, 0.15) is 5.75 Å². The highest BCUT2D eigenvalue weighted by molar-refractivity contribution is 5.74. The zero-order chi connectivity index (χ0) is 15.7. The van der Waals surface area contributed by atoms with E-state index in [9.17, 15) is 4.79 Å². The zero-order valence-corrected chi connectivity index (χ0v) is 13.1. The second kappa shape index (κ2) is 9.23. The van der Waals surface area contributed by atoms with Crippen LogP contribution in [0.3, 0.4) is 0 Å². The van der Waals surface area contributed by atoms with E-state index in [1.165, 1.54) is 5.56 Å². The molecule has 0 aromatic heterocycles. The number of carbonyl (C=O) groups is 1. The highest BCUT2D eigenvalue weighted by Crippen LogP contribution is 2.21. The molecule has 0 saturated carbocycles. The smallest absolute Gasteiger partial charge is 0.315 e. The molecule has 1 aromatic carbocycles. The Morgan fingerprint density at radius 3 is 2.52 bits per heavy atom. The number of aliphatic hydroxyl groups is 1. The maximum absolute atomic E-state index is 11.6. The van der Waals surface area contributed by atoms with Gasteiger partial charge in [0.15, 0.2) is 0 Å². The summed E-state index contributed by atoms with van der Waals surface area (Å²) in [6.45, 7) is 4.62. The van der Waals surface area contributed by atoms with Gasteiger partial charge in [-0.1, -0.05) is 26.0 Å². The number of hydrogen-bond donors (Lipinski definition) is 3. The van der Waals surface area contributed by atoms with E-state index in [1.807, 2.05) is 31.2 Å². The summed E-state index contributed by atoms with van der Waals surface area (Å²) in [6.07, 6.45) is 1.57. The van der Waals surface area contributed by atoms with Crippen molar-refractivity contribution in [2.45, 2.75) is 38.6 Å². The summed E-state index contributed by atoms with van der Waals surface area (Å²) >= 11 is 0. The van der Waals surface area contributed by atoms with Crippen molar-refractivity contribution in [2.75, 3.05) is 20.3 Å². The van der Waals surface area contributed by atoms with E-state index < -0.39 is 0 Å². The molecule has 0 radical (unpaired) electrons. The van der Waals surface area contributed by atoms with Gasteiger partial charge in [0.05, 0.1) is 19.8 Å². The Labute approximate surface area is 126 Å².